The van der Waals surface area contributed by atoms with Crippen LogP contribution in [0.4, 0.5) is 0 Å². The van der Waals surface area contributed by atoms with Gasteiger partial charge in [0.2, 0.25) is 0 Å². The average Bonchev–Trinajstić information content (AvgIpc) is 2.93. The van der Waals surface area contributed by atoms with Crippen molar-refractivity contribution in [2.45, 2.75) is 30.4 Å². The highest BCUT2D eigenvalue weighted by molar-refractivity contribution is 7.91. The molecular weight excluding hydrogens is 276 g/mol. The zero-order valence-corrected chi connectivity index (χ0v) is 12.0. The van der Waals surface area contributed by atoms with Crippen LogP contribution in [0.25, 0.3) is 0 Å². The van der Waals surface area contributed by atoms with Gasteiger partial charge in [-0.2, -0.15) is 5.10 Å². The molecule has 1 aromatic carbocycles. The fraction of sp³-hybridized carbons (Fsp3) is 0.357. The summed E-state index contributed by atoms with van der Waals surface area (Å²) in [5, 5.41) is 15.3. The van der Waals surface area contributed by atoms with Crippen LogP contribution in [0, 0.1) is 0 Å². The van der Waals surface area contributed by atoms with E-state index >= 15 is 0 Å². The Labute approximate surface area is 117 Å². The summed E-state index contributed by atoms with van der Waals surface area (Å²) in [7, 11) is -3.31. The van der Waals surface area contributed by atoms with Gasteiger partial charge in [0.05, 0.1) is 16.3 Å². The number of hydrogen-bond acceptors (Lipinski definition) is 4. The number of nitrogens with zero attached hydrogens (tertiary/aromatic N) is 2. The highest BCUT2D eigenvalue weighted by Gasteiger charge is 2.43. The molecule has 1 aliphatic heterocycles. The van der Waals surface area contributed by atoms with Crippen molar-refractivity contribution < 1.29 is 13.5 Å². The molecule has 2 aromatic rings. The standard InChI is InChI=1S/C14H16N2O3S/c1-2-16-13(7-9-15-16)14(17)8-10-20(18,19)12-6-4-3-5-11(12)14/h3-7,9,17H,2,8,10H2,1H3. The minimum atomic E-state index is -3.31. The van der Waals surface area contributed by atoms with Crippen molar-refractivity contribution in [3.63, 3.8) is 0 Å². The molecule has 1 atom stereocenters. The fourth-order valence-corrected chi connectivity index (χ4v) is 4.45. The minimum Gasteiger partial charge on any atom is -0.379 e. The lowest BCUT2D eigenvalue weighted by Gasteiger charge is -2.34. The molecule has 2 heterocycles. The Kier molecular flexibility index (Phi) is 2.95. The van der Waals surface area contributed by atoms with E-state index in [2.05, 4.69) is 5.10 Å². The third-order valence-corrected chi connectivity index (χ3v) is 5.61. The first kappa shape index (κ1) is 13.3. The fourth-order valence-electron chi connectivity index (χ4n) is 2.81. The number of aryl methyl sites for hydroxylation is 1. The van der Waals surface area contributed by atoms with E-state index < -0.39 is 15.4 Å². The predicted molar refractivity (Wildman–Crippen MR) is 74.0 cm³/mol. The molecule has 0 saturated heterocycles. The second-order valence-corrected chi connectivity index (χ2v) is 7.04. The van der Waals surface area contributed by atoms with Crippen LogP contribution in [-0.2, 0) is 22.0 Å². The summed E-state index contributed by atoms with van der Waals surface area (Å²) >= 11 is 0. The van der Waals surface area contributed by atoms with E-state index in [1.165, 1.54) is 0 Å². The highest BCUT2D eigenvalue weighted by atomic mass is 32.2. The Morgan fingerprint density at radius 2 is 2.10 bits per heavy atom. The summed E-state index contributed by atoms with van der Waals surface area (Å²) in [5.74, 6) is -0.0601. The van der Waals surface area contributed by atoms with Crippen LogP contribution in [0.3, 0.4) is 0 Å². The zero-order valence-electron chi connectivity index (χ0n) is 11.2. The summed E-state index contributed by atoms with van der Waals surface area (Å²) in [5.41, 5.74) is -0.210. The lowest BCUT2D eigenvalue weighted by atomic mass is 9.87. The highest BCUT2D eigenvalue weighted by Crippen LogP contribution is 2.41. The van der Waals surface area contributed by atoms with Crippen LogP contribution in [-0.4, -0.2) is 29.1 Å². The summed E-state index contributed by atoms with van der Waals surface area (Å²) in [6.45, 7) is 2.56. The van der Waals surface area contributed by atoms with E-state index in [1.807, 2.05) is 6.92 Å². The Balaban J connectivity index is 2.26. The summed E-state index contributed by atoms with van der Waals surface area (Å²) in [6.07, 6.45) is 1.78. The van der Waals surface area contributed by atoms with Crippen molar-refractivity contribution in [2.24, 2.45) is 0 Å². The lowest BCUT2D eigenvalue weighted by Crippen LogP contribution is -2.38. The van der Waals surface area contributed by atoms with Crippen molar-refractivity contribution in [3.8, 4) is 0 Å². The van der Waals surface area contributed by atoms with Crippen molar-refractivity contribution in [1.82, 2.24) is 9.78 Å². The predicted octanol–water partition coefficient (Wildman–Crippen LogP) is 1.32. The van der Waals surface area contributed by atoms with Crippen LogP contribution in [0.2, 0.25) is 0 Å². The molecule has 6 heteroatoms. The number of rotatable bonds is 2. The second kappa shape index (κ2) is 4.43. The Morgan fingerprint density at radius 3 is 2.85 bits per heavy atom. The molecule has 1 unspecified atom stereocenters. The number of hydrogen-bond donors (Lipinski definition) is 1. The van der Waals surface area contributed by atoms with Crippen LogP contribution in [0.5, 0.6) is 0 Å². The lowest BCUT2D eigenvalue weighted by molar-refractivity contribution is 0.0621. The molecule has 3 rings (SSSR count). The van der Waals surface area contributed by atoms with Gasteiger partial charge in [-0.3, -0.25) is 4.68 Å². The first-order valence-corrected chi connectivity index (χ1v) is 8.21. The maximum absolute atomic E-state index is 12.2. The topological polar surface area (TPSA) is 72.2 Å². The molecule has 0 saturated carbocycles. The van der Waals surface area contributed by atoms with Gasteiger partial charge >= 0.3 is 0 Å². The van der Waals surface area contributed by atoms with Gasteiger partial charge in [-0.05, 0) is 19.1 Å². The second-order valence-electron chi connectivity index (χ2n) is 4.96. The maximum atomic E-state index is 12.2. The van der Waals surface area contributed by atoms with Crippen molar-refractivity contribution >= 4 is 9.84 Å². The van der Waals surface area contributed by atoms with E-state index in [0.717, 1.165) is 0 Å². The van der Waals surface area contributed by atoms with Gasteiger partial charge in [0.1, 0.15) is 5.60 Å². The van der Waals surface area contributed by atoms with E-state index in [4.69, 9.17) is 0 Å². The van der Waals surface area contributed by atoms with E-state index in [9.17, 15) is 13.5 Å². The number of aromatic nitrogens is 2. The summed E-state index contributed by atoms with van der Waals surface area (Å²) < 4.78 is 26.0. The summed E-state index contributed by atoms with van der Waals surface area (Å²) in [6, 6.07) is 8.41. The SMILES string of the molecule is CCn1nccc1C1(O)CCS(=O)(=O)c2ccccc21. The van der Waals surface area contributed by atoms with Crippen LogP contribution in [0.1, 0.15) is 24.6 Å². The van der Waals surface area contributed by atoms with Crippen molar-refractivity contribution in [1.29, 1.82) is 0 Å². The Morgan fingerprint density at radius 1 is 1.35 bits per heavy atom. The normalized spacial score (nSPS) is 24.3. The quantitative estimate of drug-likeness (QED) is 0.906. The van der Waals surface area contributed by atoms with Crippen molar-refractivity contribution in [3.05, 3.63) is 47.8 Å². The van der Waals surface area contributed by atoms with E-state index in [0.29, 0.717) is 17.8 Å². The first-order chi connectivity index (χ1) is 9.49. The third kappa shape index (κ3) is 1.79. The van der Waals surface area contributed by atoms with Gasteiger partial charge in [-0.1, -0.05) is 18.2 Å². The van der Waals surface area contributed by atoms with Gasteiger partial charge < -0.3 is 5.11 Å². The number of aliphatic hydroxyl groups is 1. The van der Waals surface area contributed by atoms with Crippen LogP contribution >= 0.6 is 0 Å². The molecule has 0 aliphatic carbocycles. The summed E-state index contributed by atoms with van der Waals surface area (Å²) in [4.78, 5) is 0.220. The molecule has 0 bridgehead atoms. The first-order valence-electron chi connectivity index (χ1n) is 6.56. The molecule has 1 N–H and O–H groups in total. The molecular formula is C14H16N2O3S. The Bertz CT molecular complexity index is 751. The molecule has 1 aromatic heterocycles. The monoisotopic (exact) mass is 292 g/mol. The minimum absolute atomic E-state index is 0.0601. The molecule has 0 spiro atoms. The zero-order chi connectivity index (χ0) is 14.4. The van der Waals surface area contributed by atoms with Crippen molar-refractivity contribution in [2.75, 3.05) is 5.75 Å². The molecule has 1 aliphatic rings. The van der Waals surface area contributed by atoms with E-state index in [-0.39, 0.29) is 17.1 Å². The van der Waals surface area contributed by atoms with Gasteiger partial charge in [0.15, 0.2) is 9.84 Å². The largest absolute Gasteiger partial charge is 0.379 e. The average molecular weight is 292 g/mol. The number of fused-ring (bicyclic) bond motifs is 1. The maximum Gasteiger partial charge on any atom is 0.178 e. The van der Waals surface area contributed by atoms with Crippen LogP contribution in [0.15, 0.2) is 41.4 Å². The molecule has 0 radical (unpaired) electrons. The third-order valence-electron chi connectivity index (χ3n) is 3.84. The van der Waals surface area contributed by atoms with Gasteiger partial charge in [-0.15, -0.1) is 0 Å². The van der Waals surface area contributed by atoms with E-state index in [1.54, 1.807) is 41.2 Å². The molecule has 0 fully saturated rings. The van der Waals surface area contributed by atoms with Gasteiger partial charge in [-0.25, -0.2) is 8.42 Å². The Hall–Kier alpha value is -1.66. The number of benzene rings is 1. The molecule has 5 nitrogen and oxygen atoms in total. The molecule has 106 valence electrons. The van der Waals surface area contributed by atoms with Gasteiger partial charge in [0.25, 0.3) is 0 Å². The molecule has 0 amide bonds. The smallest absolute Gasteiger partial charge is 0.178 e. The van der Waals surface area contributed by atoms with Crippen LogP contribution < -0.4 is 0 Å². The number of sulfone groups is 1. The molecule has 20 heavy (non-hydrogen) atoms. The van der Waals surface area contributed by atoms with Gasteiger partial charge in [0, 0.05) is 24.7 Å².